The van der Waals surface area contributed by atoms with Gasteiger partial charge in [0.2, 0.25) is 0 Å². The molecule has 0 aliphatic heterocycles. The monoisotopic (exact) mass is 655 g/mol. The van der Waals surface area contributed by atoms with Gasteiger partial charge in [-0.05, 0) is 69.5 Å². The third-order valence-corrected chi connectivity index (χ3v) is 11.5. The Morgan fingerprint density at radius 3 is 1.00 bits per heavy atom. The van der Waals surface area contributed by atoms with Crippen molar-refractivity contribution in [2.24, 2.45) is 0 Å². The van der Waals surface area contributed by atoms with Crippen molar-refractivity contribution in [2.75, 3.05) is 0 Å². The molecule has 0 heteroatoms. The number of hydrogen-bond donors (Lipinski definition) is 0. The van der Waals surface area contributed by atoms with Crippen LogP contribution in [-0.2, 0) is 5.41 Å². The number of benzene rings is 4. The first-order valence-electron chi connectivity index (χ1n) is 20.7. The van der Waals surface area contributed by atoms with E-state index in [1.807, 2.05) is 0 Å². The molecule has 4 aromatic carbocycles. The molecule has 0 N–H and O–H groups in total. The topological polar surface area (TPSA) is 0 Å². The van der Waals surface area contributed by atoms with Crippen LogP contribution in [0.3, 0.4) is 0 Å². The molecule has 0 fully saturated rings. The Hall–Kier alpha value is -3.12. The standard InChI is InChI=1S/C49H66/c1-3-5-7-9-11-13-15-17-19-27-37-49(38-28-20-18-16-14-12-10-8-6-4-2)47-39-43(41-29-23-21-24-30-41)33-35-45(47)46-36-34-44(40-48(46)49)42-31-25-22-26-32-42/h21-26,29-36,39-40H,3-20,27-28,37-38H2,1-2H3. The summed E-state index contributed by atoms with van der Waals surface area (Å²) in [4.78, 5) is 0. The van der Waals surface area contributed by atoms with Crippen LogP contribution >= 0.6 is 0 Å². The summed E-state index contributed by atoms with van der Waals surface area (Å²) in [6, 6.07) is 37.0. The largest absolute Gasteiger partial charge is 0.0654 e. The van der Waals surface area contributed by atoms with Crippen LogP contribution in [0.4, 0.5) is 0 Å². The van der Waals surface area contributed by atoms with Crippen LogP contribution in [0.5, 0.6) is 0 Å². The predicted molar refractivity (Wildman–Crippen MR) is 216 cm³/mol. The molecule has 0 saturated heterocycles. The van der Waals surface area contributed by atoms with Gasteiger partial charge >= 0.3 is 0 Å². The van der Waals surface area contributed by atoms with Crippen molar-refractivity contribution in [1.82, 2.24) is 0 Å². The molecular formula is C49H66. The molecule has 0 nitrogen and oxygen atoms in total. The third kappa shape index (κ3) is 10.4. The van der Waals surface area contributed by atoms with Crippen molar-refractivity contribution in [3.8, 4) is 33.4 Å². The molecule has 0 bridgehead atoms. The smallest absolute Gasteiger partial charge is 0.0215 e. The molecule has 4 aromatic rings. The molecule has 0 heterocycles. The van der Waals surface area contributed by atoms with Gasteiger partial charge in [0.05, 0.1) is 0 Å². The van der Waals surface area contributed by atoms with E-state index in [1.54, 1.807) is 11.1 Å². The second-order valence-electron chi connectivity index (χ2n) is 15.2. The van der Waals surface area contributed by atoms with Crippen molar-refractivity contribution >= 4 is 0 Å². The van der Waals surface area contributed by atoms with Gasteiger partial charge in [-0.25, -0.2) is 0 Å². The summed E-state index contributed by atoms with van der Waals surface area (Å²) in [5, 5.41) is 0. The van der Waals surface area contributed by atoms with Crippen LogP contribution in [0.2, 0.25) is 0 Å². The van der Waals surface area contributed by atoms with Gasteiger partial charge < -0.3 is 0 Å². The highest BCUT2D eigenvalue weighted by molar-refractivity contribution is 5.86. The number of hydrogen-bond acceptors (Lipinski definition) is 0. The van der Waals surface area contributed by atoms with Crippen LogP contribution in [0, 0.1) is 0 Å². The minimum Gasteiger partial charge on any atom is -0.0654 e. The Balaban J connectivity index is 1.37. The zero-order valence-corrected chi connectivity index (χ0v) is 31.3. The third-order valence-electron chi connectivity index (χ3n) is 11.5. The van der Waals surface area contributed by atoms with Crippen molar-refractivity contribution in [3.63, 3.8) is 0 Å². The van der Waals surface area contributed by atoms with E-state index in [1.165, 1.54) is 175 Å². The summed E-state index contributed by atoms with van der Waals surface area (Å²) in [5.74, 6) is 0. The Morgan fingerprint density at radius 1 is 0.327 bits per heavy atom. The van der Waals surface area contributed by atoms with Gasteiger partial charge in [-0.1, -0.05) is 227 Å². The highest BCUT2D eigenvalue weighted by Crippen LogP contribution is 2.55. The molecule has 0 aromatic heterocycles. The fourth-order valence-corrected chi connectivity index (χ4v) is 8.61. The molecule has 1 aliphatic carbocycles. The Kier molecular flexibility index (Phi) is 15.6. The first-order chi connectivity index (χ1) is 24.3. The highest BCUT2D eigenvalue weighted by atomic mass is 14.5. The van der Waals surface area contributed by atoms with Gasteiger partial charge in [0, 0.05) is 5.41 Å². The average molecular weight is 655 g/mol. The summed E-state index contributed by atoms with van der Waals surface area (Å²) in [6.07, 6.45) is 30.3. The molecule has 49 heavy (non-hydrogen) atoms. The normalized spacial score (nSPS) is 13.0. The van der Waals surface area contributed by atoms with Crippen molar-refractivity contribution in [2.45, 2.75) is 161 Å². The zero-order valence-electron chi connectivity index (χ0n) is 31.3. The highest BCUT2D eigenvalue weighted by Gasteiger charge is 2.42. The summed E-state index contributed by atoms with van der Waals surface area (Å²) >= 11 is 0. The van der Waals surface area contributed by atoms with Crippen LogP contribution in [0.1, 0.15) is 166 Å². The second-order valence-corrected chi connectivity index (χ2v) is 15.2. The molecule has 262 valence electrons. The fourth-order valence-electron chi connectivity index (χ4n) is 8.61. The van der Waals surface area contributed by atoms with E-state index in [4.69, 9.17) is 0 Å². The number of rotatable bonds is 24. The van der Waals surface area contributed by atoms with E-state index in [-0.39, 0.29) is 5.41 Å². The molecule has 0 spiro atoms. The van der Waals surface area contributed by atoms with E-state index in [9.17, 15) is 0 Å². The van der Waals surface area contributed by atoms with Crippen LogP contribution in [0.15, 0.2) is 97.1 Å². The molecule has 0 unspecified atom stereocenters. The average Bonchev–Trinajstić information content (AvgIpc) is 3.42. The SMILES string of the molecule is CCCCCCCCCCCCC1(CCCCCCCCCCCC)c2cc(-c3ccccc3)ccc2-c2ccc(-c3ccccc3)cc21. The van der Waals surface area contributed by atoms with Gasteiger partial charge in [0.25, 0.3) is 0 Å². The van der Waals surface area contributed by atoms with Gasteiger partial charge in [0.15, 0.2) is 0 Å². The van der Waals surface area contributed by atoms with Crippen molar-refractivity contribution in [3.05, 3.63) is 108 Å². The van der Waals surface area contributed by atoms with Crippen LogP contribution in [-0.4, -0.2) is 0 Å². The lowest BCUT2D eigenvalue weighted by Gasteiger charge is -2.33. The van der Waals surface area contributed by atoms with Crippen molar-refractivity contribution in [1.29, 1.82) is 0 Å². The first kappa shape index (κ1) is 37.1. The lowest BCUT2D eigenvalue weighted by atomic mass is 9.70. The molecule has 0 radical (unpaired) electrons. The van der Waals surface area contributed by atoms with E-state index >= 15 is 0 Å². The van der Waals surface area contributed by atoms with E-state index in [0.29, 0.717) is 0 Å². The molecule has 1 aliphatic rings. The first-order valence-corrected chi connectivity index (χ1v) is 20.7. The van der Waals surface area contributed by atoms with Crippen LogP contribution < -0.4 is 0 Å². The molecule has 0 atom stereocenters. The van der Waals surface area contributed by atoms with Gasteiger partial charge in [0.1, 0.15) is 0 Å². The van der Waals surface area contributed by atoms with Gasteiger partial charge in [-0.2, -0.15) is 0 Å². The van der Waals surface area contributed by atoms with Crippen LogP contribution in [0.25, 0.3) is 33.4 Å². The van der Waals surface area contributed by atoms with E-state index in [0.717, 1.165) is 0 Å². The summed E-state index contributed by atoms with van der Waals surface area (Å²) < 4.78 is 0. The van der Waals surface area contributed by atoms with E-state index < -0.39 is 0 Å². The second kappa shape index (κ2) is 20.5. The Bertz CT molecular complexity index is 1360. The van der Waals surface area contributed by atoms with Gasteiger partial charge in [-0.3, -0.25) is 0 Å². The number of fused-ring (bicyclic) bond motifs is 3. The molecular weight excluding hydrogens is 589 g/mol. The lowest BCUT2D eigenvalue weighted by molar-refractivity contribution is 0.397. The maximum Gasteiger partial charge on any atom is 0.0215 e. The Labute approximate surface area is 301 Å². The maximum absolute atomic E-state index is 2.60. The quantitative estimate of drug-likeness (QED) is 0.0660. The van der Waals surface area contributed by atoms with Crippen molar-refractivity contribution < 1.29 is 0 Å². The van der Waals surface area contributed by atoms with E-state index in [2.05, 4.69) is 111 Å². The lowest BCUT2D eigenvalue weighted by Crippen LogP contribution is -2.25. The molecule has 5 rings (SSSR count). The Morgan fingerprint density at radius 2 is 0.653 bits per heavy atom. The minimum absolute atomic E-state index is 0.0839. The fraction of sp³-hybridized carbons (Fsp3) is 0.510. The summed E-state index contributed by atoms with van der Waals surface area (Å²) in [5.41, 5.74) is 11.6. The summed E-state index contributed by atoms with van der Waals surface area (Å²) in [6.45, 7) is 4.63. The summed E-state index contributed by atoms with van der Waals surface area (Å²) in [7, 11) is 0. The maximum atomic E-state index is 2.60. The molecule has 0 amide bonds. The minimum atomic E-state index is 0.0839. The zero-order chi connectivity index (χ0) is 34.0. The van der Waals surface area contributed by atoms with Gasteiger partial charge in [-0.15, -0.1) is 0 Å². The molecule has 0 saturated carbocycles. The number of unbranched alkanes of at least 4 members (excludes halogenated alkanes) is 18. The predicted octanol–water partition coefficient (Wildman–Crippen LogP) is 15.9.